The van der Waals surface area contributed by atoms with Crippen LogP contribution in [-0.2, 0) is 0 Å². The molecule has 0 aliphatic carbocycles. The fraction of sp³-hybridized carbons (Fsp3) is 0. The third kappa shape index (κ3) is 3.77. The molecule has 4 aromatic carbocycles. The van der Waals surface area contributed by atoms with Crippen molar-refractivity contribution < 1.29 is 0 Å². The molecule has 0 aliphatic heterocycles. The molecule has 0 fully saturated rings. The lowest BCUT2D eigenvalue weighted by Crippen LogP contribution is -2.11. The normalized spacial score (nSPS) is 10.4. The molecule has 0 unspecified atom stereocenters. The Morgan fingerprint density at radius 1 is 0.556 bits per heavy atom. The van der Waals surface area contributed by atoms with Gasteiger partial charge in [0.25, 0.3) is 0 Å². The molecule has 0 bridgehead atoms. The highest BCUT2D eigenvalue weighted by Gasteiger charge is 2.15. The summed E-state index contributed by atoms with van der Waals surface area (Å²) >= 11 is 0. The van der Waals surface area contributed by atoms with E-state index >= 15 is 0 Å². The Kier molecular flexibility index (Phi) is 4.75. The van der Waals surface area contributed by atoms with E-state index in [1.54, 1.807) is 0 Å². The summed E-state index contributed by atoms with van der Waals surface area (Å²) in [4.78, 5) is 2.23. The molecule has 4 rings (SSSR count). The van der Waals surface area contributed by atoms with Gasteiger partial charge in [0, 0.05) is 22.7 Å². The van der Waals surface area contributed by atoms with Crippen LogP contribution in [0.15, 0.2) is 109 Å². The van der Waals surface area contributed by atoms with E-state index in [1.807, 2.05) is 66.7 Å². The topological polar surface area (TPSA) is 41.3 Å². The van der Waals surface area contributed by atoms with Crippen LogP contribution >= 0.6 is 0 Å². The van der Waals surface area contributed by atoms with Crippen LogP contribution in [0.2, 0.25) is 0 Å². The lowest BCUT2D eigenvalue weighted by atomic mass is 10.1. The number of nitrogens with one attached hydrogen (secondary N) is 1. The second kappa shape index (κ2) is 7.67. The Hall–Kier alpha value is -3.72. The van der Waals surface area contributed by atoms with Gasteiger partial charge in [-0.2, -0.15) is 0 Å². The zero-order valence-electron chi connectivity index (χ0n) is 14.9. The molecular formula is C24H21N3. The summed E-state index contributed by atoms with van der Waals surface area (Å²) in [5.74, 6) is 0. The molecule has 3 nitrogen and oxygen atoms in total. The fourth-order valence-electron chi connectivity index (χ4n) is 3.08. The van der Waals surface area contributed by atoms with Crippen molar-refractivity contribution in [3.8, 4) is 0 Å². The first-order chi connectivity index (χ1) is 13.3. The number of para-hydroxylation sites is 4. The summed E-state index contributed by atoms with van der Waals surface area (Å²) in [6.45, 7) is 0. The van der Waals surface area contributed by atoms with Crippen LogP contribution in [0.3, 0.4) is 0 Å². The number of nitrogens with zero attached hydrogens (tertiary/aromatic N) is 1. The number of hydrogen-bond donors (Lipinski definition) is 2. The summed E-state index contributed by atoms with van der Waals surface area (Å²) in [6.07, 6.45) is 0. The van der Waals surface area contributed by atoms with Gasteiger partial charge >= 0.3 is 0 Å². The van der Waals surface area contributed by atoms with Gasteiger partial charge in [-0.3, -0.25) is 0 Å². The molecule has 0 heterocycles. The van der Waals surface area contributed by atoms with E-state index in [4.69, 9.17) is 5.73 Å². The van der Waals surface area contributed by atoms with Crippen molar-refractivity contribution in [3.63, 3.8) is 0 Å². The van der Waals surface area contributed by atoms with Crippen molar-refractivity contribution in [2.45, 2.75) is 0 Å². The molecule has 3 heteroatoms. The molecule has 0 aromatic heterocycles. The smallest absolute Gasteiger partial charge is 0.0696 e. The molecule has 27 heavy (non-hydrogen) atoms. The zero-order valence-corrected chi connectivity index (χ0v) is 14.9. The van der Waals surface area contributed by atoms with E-state index < -0.39 is 0 Å². The predicted octanol–water partition coefficient (Wildman–Crippen LogP) is 6.48. The first-order valence-electron chi connectivity index (χ1n) is 8.93. The van der Waals surface area contributed by atoms with Crippen molar-refractivity contribution in [3.05, 3.63) is 109 Å². The number of nitrogen functional groups attached to an aromatic ring is 1. The maximum absolute atomic E-state index is 5.91. The maximum atomic E-state index is 5.91. The van der Waals surface area contributed by atoms with E-state index in [-0.39, 0.29) is 0 Å². The summed E-state index contributed by atoms with van der Waals surface area (Å²) in [5, 5.41) is 3.54. The third-order valence-corrected chi connectivity index (χ3v) is 4.36. The molecule has 0 radical (unpaired) electrons. The summed E-state index contributed by atoms with van der Waals surface area (Å²) in [6, 6.07) is 36.8. The molecule has 0 spiro atoms. The van der Waals surface area contributed by atoms with Crippen LogP contribution in [0.5, 0.6) is 0 Å². The van der Waals surface area contributed by atoms with Crippen molar-refractivity contribution in [1.29, 1.82) is 0 Å². The number of anilines is 6. The number of hydrogen-bond acceptors (Lipinski definition) is 3. The molecule has 0 saturated carbocycles. The minimum Gasteiger partial charge on any atom is -0.399 e. The lowest BCUT2D eigenvalue weighted by Gasteiger charge is -2.28. The average molecular weight is 351 g/mol. The van der Waals surface area contributed by atoms with Gasteiger partial charge in [0.15, 0.2) is 0 Å². The van der Waals surface area contributed by atoms with E-state index in [0.717, 1.165) is 34.1 Å². The minimum atomic E-state index is 0.752. The zero-order chi connectivity index (χ0) is 18.5. The van der Waals surface area contributed by atoms with Crippen LogP contribution < -0.4 is 16.0 Å². The Morgan fingerprint density at radius 2 is 1.11 bits per heavy atom. The Bertz CT molecular complexity index is 996. The second-order valence-corrected chi connectivity index (χ2v) is 6.27. The largest absolute Gasteiger partial charge is 0.399 e. The predicted molar refractivity (Wildman–Crippen MR) is 115 cm³/mol. The Morgan fingerprint density at radius 3 is 1.81 bits per heavy atom. The van der Waals surface area contributed by atoms with Crippen molar-refractivity contribution in [2.24, 2.45) is 0 Å². The van der Waals surface area contributed by atoms with Gasteiger partial charge in [-0.25, -0.2) is 0 Å². The van der Waals surface area contributed by atoms with E-state index in [9.17, 15) is 0 Å². The van der Waals surface area contributed by atoms with Crippen LogP contribution in [0.4, 0.5) is 34.1 Å². The summed E-state index contributed by atoms with van der Waals surface area (Å²) in [5.41, 5.74) is 11.9. The number of benzene rings is 4. The first kappa shape index (κ1) is 16.7. The van der Waals surface area contributed by atoms with Crippen LogP contribution in [-0.4, -0.2) is 0 Å². The lowest BCUT2D eigenvalue weighted by molar-refractivity contribution is 1.28. The third-order valence-electron chi connectivity index (χ3n) is 4.36. The quantitative estimate of drug-likeness (QED) is 0.404. The van der Waals surface area contributed by atoms with Gasteiger partial charge in [0.2, 0.25) is 0 Å². The van der Waals surface area contributed by atoms with Crippen molar-refractivity contribution in [2.75, 3.05) is 16.0 Å². The van der Waals surface area contributed by atoms with Crippen LogP contribution in [0, 0.1) is 0 Å². The molecule has 132 valence electrons. The van der Waals surface area contributed by atoms with Gasteiger partial charge in [0.1, 0.15) is 0 Å². The highest BCUT2D eigenvalue weighted by atomic mass is 15.2. The van der Waals surface area contributed by atoms with E-state index in [2.05, 4.69) is 52.7 Å². The van der Waals surface area contributed by atoms with Crippen LogP contribution in [0.1, 0.15) is 0 Å². The van der Waals surface area contributed by atoms with Gasteiger partial charge in [-0.15, -0.1) is 0 Å². The standard InChI is InChI=1S/C24H21N3/c25-19-15-17-22(18-16-19)27(21-11-5-2-6-12-21)24-14-8-7-13-23(24)26-20-9-3-1-4-10-20/h1-18,26H,25H2. The number of rotatable bonds is 5. The molecular weight excluding hydrogens is 330 g/mol. The molecule has 4 aromatic rings. The maximum Gasteiger partial charge on any atom is 0.0696 e. The highest BCUT2D eigenvalue weighted by molar-refractivity contribution is 5.86. The molecule has 0 saturated heterocycles. The minimum absolute atomic E-state index is 0.752. The SMILES string of the molecule is Nc1ccc(N(c2ccccc2)c2ccccc2Nc2ccccc2)cc1. The first-order valence-corrected chi connectivity index (χ1v) is 8.93. The number of nitrogens with two attached hydrogens (primary N) is 1. The van der Waals surface area contributed by atoms with Crippen molar-refractivity contribution in [1.82, 2.24) is 0 Å². The Balaban J connectivity index is 1.82. The Labute approximate surface area is 159 Å². The second-order valence-electron chi connectivity index (χ2n) is 6.27. The van der Waals surface area contributed by atoms with Gasteiger partial charge in [-0.05, 0) is 60.7 Å². The monoisotopic (exact) mass is 351 g/mol. The fourth-order valence-corrected chi connectivity index (χ4v) is 3.08. The molecule has 0 aliphatic rings. The summed E-state index contributed by atoms with van der Waals surface area (Å²) < 4.78 is 0. The molecule has 0 atom stereocenters. The molecule has 3 N–H and O–H groups in total. The van der Waals surface area contributed by atoms with E-state index in [1.165, 1.54) is 0 Å². The van der Waals surface area contributed by atoms with Crippen molar-refractivity contribution >= 4 is 34.1 Å². The van der Waals surface area contributed by atoms with Gasteiger partial charge < -0.3 is 16.0 Å². The van der Waals surface area contributed by atoms with Crippen LogP contribution in [0.25, 0.3) is 0 Å². The van der Waals surface area contributed by atoms with Gasteiger partial charge in [0.05, 0.1) is 11.4 Å². The average Bonchev–Trinajstić information content (AvgIpc) is 2.72. The molecule has 0 amide bonds. The highest BCUT2D eigenvalue weighted by Crippen LogP contribution is 2.39. The van der Waals surface area contributed by atoms with Gasteiger partial charge in [-0.1, -0.05) is 48.5 Å². The van der Waals surface area contributed by atoms with E-state index in [0.29, 0.717) is 0 Å². The summed E-state index contributed by atoms with van der Waals surface area (Å²) in [7, 11) is 0.